The average Bonchev–Trinajstić information content (AvgIpc) is 3.06. The zero-order valence-corrected chi connectivity index (χ0v) is 21.0. The number of likely N-dealkylation sites (N-methyl/N-ethyl adjacent to an activating group) is 1. The van der Waals surface area contributed by atoms with Gasteiger partial charge >= 0.3 is 0 Å². The molecule has 0 radical (unpaired) electrons. The van der Waals surface area contributed by atoms with Gasteiger partial charge in [-0.3, -0.25) is 4.79 Å². The quantitative estimate of drug-likeness (QED) is 0.492. The van der Waals surface area contributed by atoms with Gasteiger partial charge < -0.3 is 9.64 Å². The van der Waals surface area contributed by atoms with Crippen LogP contribution in [0, 0.1) is 45.8 Å². The number of ether oxygens (including phenoxy) is 1. The predicted molar refractivity (Wildman–Crippen MR) is 126 cm³/mol. The summed E-state index contributed by atoms with van der Waals surface area (Å²) in [5, 5.41) is 0. The summed E-state index contributed by atoms with van der Waals surface area (Å²) in [4.78, 5) is 14.9. The van der Waals surface area contributed by atoms with E-state index in [2.05, 4.69) is 45.7 Å². The molecular weight excluding hydrogens is 394 g/mol. The van der Waals surface area contributed by atoms with E-state index in [1.807, 2.05) is 0 Å². The third kappa shape index (κ3) is 2.16. The Balaban J connectivity index is 1.24. The van der Waals surface area contributed by atoms with Gasteiger partial charge in [-0.1, -0.05) is 33.3 Å². The highest BCUT2D eigenvalue weighted by molar-refractivity contribution is 5.91. The highest BCUT2D eigenvalue weighted by Crippen LogP contribution is 2.87. The summed E-state index contributed by atoms with van der Waals surface area (Å²) < 4.78 is 7.31. The van der Waals surface area contributed by atoms with E-state index in [9.17, 15) is 4.79 Å². The summed E-state index contributed by atoms with van der Waals surface area (Å²) in [6, 6.07) is 0.609. The molecule has 0 aromatic carbocycles. The first-order valence-electron chi connectivity index (χ1n) is 13.8. The van der Waals surface area contributed by atoms with Crippen molar-refractivity contribution in [3.63, 3.8) is 0 Å². The molecule has 6 fully saturated rings. The molecule has 2 saturated heterocycles. The second kappa shape index (κ2) is 6.11. The van der Waals surface area contributed by atoms with Crippen LogP contribution in [0.1, 0.15) is 85.5 Å². The fourth-order valence-corrected chi connectivity index (χ4v) is 11.6. The van der Waals surface area contributed by atoms with Gasteiger partial charge in [-0.25, -0.2) is 0 Å². The SMILES string of the molecule is C[C@H]1C[C@H]2O[C@]3(CCC4[C@@H]5CCC6=CC(=O)CC[C@]6(C)[C@H]5CC45CC53C)[C@H](C)[C@@H]2N(C)C1. The number of piperidine rings is 1. The van der Waals surface area contributed by atoms with Crippen LogP contribution in [-0.2, 0) is 9.53 Å². The van der Waals surface area contributed by atoms with Crippen molar-refractivity contribution in [3.05, 3.63) is 11.6 Å². The van der Waals surface area contributed by atoms with Crippen LogP contribution in [0.5, 0.6) is 0 Å². The zero-order valence-electron chi connectivity index (χ0n) is 21.0. The first-order valence-corrected chi connectivity index (χ1v) is 13.8. The number of carbonyl (C=O) groups is 1. The average molecular weight is 438 g/mol. The lowest BCUT2D eigenvalue weighted by Gasteiger charge is -2.50. The summed E-state index contributed by atoms with van der Waals surface area (Å²) in [6.45, 7) is 11.4. The van der Waals surface area contributed by atoms with E-state index in [4.69, 9.17) is 4.74 Å². The van der Waals surface area contributed by atoms with E-state index in [1.165, 1.54) is 57.1 Å². The van der Waals surface area contributed by atoms with E-state index in [0.717, 1.165) is 36.5 Å². The lowest BCUT2D eigenvalue weighted by molar-refractivity contribution is -0.148. The Morgan fingerprint density at radius 3 is 2.72 bits per heavy atom. The molecule has 2 aliphatic heterocycles. The molecule has 11 atom stereocenters. The number of rotatable bonds is 0. The van der Waals surface area contributed by atoms with Gasteiger partial charge in [0.2, 0.25) is 0 Å². The summed E-state index contributed by atoms with van der Waals surface area (Å²) in [5.41, 5.74) is 2.74. The Hall–Kier alpha value is -0.670. The van der Waals surface area contributed by atoms with Crippen molar-refractivity contribution in [1.29, 1.82) is 0 Å². The van der Waals surface area contributed by atoms with Crippen LogP contribution < -0.4 is 0 Å². The maximum Gasteiger partial charge on any atom is 0.155 e. The van der Waals surface area contributed by atoms with Crippen molar-refractivity contribution < 1.29 is 9.53 Å². The second-order valence-electron chi connectivity index (χ2n) is 14.0. The molecule has 0 amide bonds. The number of allylic oxidation sites excluding steroid dienone is 2. The molecule has 7 rings (SSSR count). The number of hydrogen-bond acceptors (Lipinski definition) is 3. The summed E-state index contributed by atoms with van der Waals surface area (Å²) in [6.07, 6.45) is 13.6. The normalized spacial score (nSPS) is 60.8. The van der Waals surface area contributed by atoms with E-state index in [0.29, 0.717) is 34.7 Å². The number of nitrogens with zero attached hydrogens (tertiary/aromatic N) is 1. The van der Waals surface area contributed by atoms with Gasteiger partial charge in [-0.2, -0.15) is 0 Å². The third-order valence-corrected chi connectivity index (χ3v) is 13.0. The van der Waals surface area contributed by atoms with E-state index >= 15 is 0 Å². The van der Waals surface area contributed by atoms with Crippen molar-refractivity contribution in [2.75, 3.05) is 13.6 Å². The molecule has 0 aromatic rings. The van der Waals surface area contributed by atoms with Gasteiger partial charge in [0, 0.05) is 30.3 Å². The highest BCUT2D eigenvalue weighted by atomic mass is 16.5. The van der Waals surface area contributed by atoms with Crippen molar-refractivity contribution in [2.45, 2.75) is 103 Å². The van der Waals surface area contributed by atoms with Crippen molar-refractivity contribution >= 4 is 5.78 Å². The molecular formula is C29H43NO2. The minimum atomic E-state index is 0.0900. The molecule has 176 valence electrons. The lowest BCUT2D eigenvalue weighted by Crippen LogP contribution is -2.53. The van der Waals surface area contributed by atoms with E-state index < -0.39 is 0 Å². The Kier molecular flexibility index (Phi) is 3.95. The first-order chi connectivity index (χ1) is 15.2. The van der Waals surface area contributed by atoms with Gasteiger partial charge in [0.05, 0.1) is 11.7 Å². The maximum absolute atomic E-state index is 12.2. The summed E-state index contributed by atoms with van der Waals surface area (Å²) in [5.74, 6) is 4.33. The number of likely N-dealkylation sites (tertiary alicyclic amines) is 1. The van der Waals surface area contributed by atoms with Gasteiger partial charge in [-0.15, -0.1) is 0 Å². The first kappa shape index (κ1) is 20.7. The second-order valence-corrected chi connectivity index (χ2v) is 14.0. The monoisotopic (exact) mass is 437 g/mol. The van der Waals surface area contributed by atoms with Gasteiger partial charge in [-0.05, 0) is 99.0 Å². The Morgan fingerprint density at radius 1 is 1.09 bits per heavy atom. The van der Waals surface area contributed by atoms with Gasteiger partial charge in [0.15, 0.2) is 5.78 Å². The van der Waals surface area contributed by atoms with Crippen LogP contribution in [-0.4, -0.2) is 42.0 Å². The lowest BCUT2D eigenvalue weighted by atomic mass is 9.56. The Bertz CT molecular complexity index is 911. The molecule has 7 aliphatic rings. The fraction of sp³-hybridized carbons (Fsp3) is 0.897. The minimum Gasteiger partial charge on any atom is -0.369 e. The largest absolute Gasteiger partial charge is 0.369 e. The zero-order chi connectivity index (χ0) is 22.3. The van der Waals surface area contributed by atoms with Crippen LogP contribution in [0.2, 0.25) is 0 Å². The topological polar surface area (TPSA) is 29.5 Å². The molecule has 3 nitrogen and oxygen atoms in total. The van der Waals surface area contributed by atoms with Crippen molar-refractivity contribution in [3.8, 4) is 0 Å². The van der Waals surface area contributed by atoms with Crippen LogP contribution in [0.15, 0.2) is 11.6 Å². The molecule has 5 aliphatic carbocycles. The third-order valence-electron chi connectivity index (χ3n) is 13.0. The van der Waals surface area contributed by atoms with Crippen LogP contribution in [0.3, 0.4) is 0 Å². The molecule has 2 heterocycles. The number of fused-ring (bicyclic) bond motifs is 6. The summed E-state index contributed by atoms with van der Waals surface area (Å²) >= 11 is 0. The molecule has 2 spiro atoms. The molecule has 4 saturated carbocycles. The maximum atomic E-state index is 12.2. The van der Waals surface area contributed by atoms with E-state index in [-0.39, 0.29) is 11.0 Å². The van der Waals surface area contributed by atoms with E-state index in [1.54, 1.807) is 0 Å². The molecule has 32 heavy (non-hydrogen) atoms. The van der Waals surface area contributed by atoms with Crippen molar-refractivity contribution in [2.24, 2.45) is 45.8 Å². The number of ketones is 1. The number of carbonyl (C=O) groups excluding carboxylic acids is 1. The fourth-order valence-electron chi connectivity index (χ4n) is 11.6. The van der Waals surface area contributed by atoms with Crippen molar-refractivity contribution in [1.82, 2.24) is 4.90 Å². The predicted octanol–water partition coefficient (Wildman–Crippen LogP) is 5.63. The molecule has 0 aromatic heterocycles. The standard InChI is InChI=1S/C29H43NO2/c1-17-12-24-25(30(5)15-17)18(2)29(32-24)11-9-22-21-7-6-19-13-20(31)8-10-26(19,3)23(21)14-28(22)16-27(28,29)4/h13,17-18,21-25H,6-12,14-16H2,1-5H3/t17-,18+,21-,22?,23-,24+,25-,26-,27?,28?,29+/m0/s1. The van der Waals surface area contributed by atoms with Gasteiger partial charge in [0.25, 0.3) is 0 Å². The number of hydrogen-bond donors (Lipinski definition) is 0. The van der Waals surface area contributed by atoms with Crippen LogP contribution in [0.4, 0.5) is 0 Å². The van der Waals surface area contributed by atoms with Gasteiger partial charge in [0.1, 0.15) is 0 Å². The molecule has 3 heteroatoms. The summed E-state index contributed by atoms with van der Waals surface area (Å²) in [7, 11) is 2.35. The van der Waals surface area contributed by atoms with Crippen LogP contribution >= 0.6 is 0 Å². The van der Waals surface area contributed by atoms with Crippen LogP contribution in [0.25, 0.3) is 0 Å². The molecule has 0 N–H and O–H groups in total. The molecule has 0 bridgehead atoms. The Morgan fingerprint density at radius 2 is 1.91 bits per heavy atom. The smallest absolute Gasteiger partial charge is 0.155 e. The Labute approximate surface area is 194 Å². The minimum absolute atomic E-state index is 0.0900. The highest BCUT2D eigenvalue weighted by Gasteiger charge is 2.84. The molecule has 3 unspecified atom stereocenters.